The molecule has 84 valence electrons. The number of hydrogen-bond donors (Lipinski definition) is 1. The number of rotatable bonds is 1. The Morgan fingerprint density at radius 3 is 1.33 bits per heavy atom. The lowest BCUT2D eigenvalue weighted by Crippen LogP contribution is -2.08. The fourth-order valence-electron chi connectivity index (χ4n) is 0.869. The molecule has 1 rings (SSSR count). The average Bonchev–Trinajstić information content (AvgIpc) is 2.09. The second-order valence-electron chi connectivity index (χ2n) is 2.48. The maximum Gasteiger partial charge on any atom is 0.151 e. The van der Waals surface area contributed by atoms with Crippen LogP contribution in [0.1, 0.15) is 5.56 Å². The standard InChI is InChI=1S/C7HI7O/c8-2-1(7(12,13)14)3(9)5(11)6(15)4(2)10/h15H. The van der Waals surface area contributed by atoms with E-state index >= 15 is 0 Å². The van der Waals surface area contributed by atoms with E-state index in [4.69, 9.17) is 0 Å². The van der Waals surface area contributed by atoms with Crippen LogP contribution in [0.5, 0.6) is 5.75 Å². The maximum atomic E-state index is 9.93. The molecule has 0 aromatic heterocycles. The summed E-state index contributed by atoms with van der Waals surface area (Å²) in [7, 11) is 0. The van der Waals surface area contributed by atoms with Crippen molar-refractivity contribution < 1.29 is 5.11 Å². The molecule has 0 radical (unpaired) electrons. The molecule has 0 unspecified atom stereocenters. The molecular formula is C7HI7O. The van der Waals surface area contributed by atoms with E-state index in [0.29, 0.717) is 5.75 Å². The molecule has 0 fully saturated rings. The van der Waals surface area contributed by atoms with Gasteiger partial charge in [0.1, 0.15) is 5.75 Å². The summed E-state index contributed by atoms with van der Waals surface area (Å²) in [5, 5.41) is 9.93. The minimum atomic E-state index is 0.0217. The Kier molecular flexibility index (Phi) is 7.70. The quantitative estimate of drug-likeness (QED) is 0.202. The Hall–Kier alpha value is 4.13. The molecule has 0 heterocycles. The number of benzene rings is 1. The van der Waals surface area contributed by atoms with Gasteiger partial charge < -0.3 is 5.11 Å². The molecule has 0 saturated heterocycles. The molecule has 0 bridgehead atoms. The molecule has 0 aliphatic carbocycles. The van der Waals surface area contributed by atoms with Crippen molar-refractivity contribution in [3.63, 3.8) is 0 Å². The summed E-state index contributed by atoms with van der Waals surface area (Å²) in [6, 6.07) is 0. The summed E-state index contributed by atoms with van der Waals surface area (Å²) in [6.07, 6.45) is 0. The van der Waals surface area contributed by atoms with Gasteiger partial charge in [0.05, 0.1) is 7.14 Å². The van der Waals surface area contributed by atoms with Crippen LogP contribution in [0.15, 0.2) is 0 Å². The van der Waals surface area contributed by atoms with Gasteiger partial charge in [-0.15, -0.1) is 0 Å². The van der Waals surface area contributed by atoms with Crippen molar-refractivity contribution in [2.24, 2.45) is 0 Å². The molecule has 0 saturated carbocycles. The molecule has 1 aromatic carbocycles. The molecule has 1 aromatic rings. The van der Waals surface area contributed by atoms with Crippen LogP contribution in [0.3, 0.4) is 0 Å². The highest BCUT2D eigenvalue weighted by Gasteiger charge is 2.30. The largest absolute Gasteiger partial charge is 0.506 e. The first-order valence-electron chi connectivity index (χ1n) is 3.30. The third-order valence-electron chi connectivity index (χ3n) is 1.52. The highest BCUT2D eigenvalue weighted by molar-refractivity contribution is 14.3. The minimum Gasteiger partial charge on any atom is -0.506 e. The van der Waals surface area contributed by atoms with Crippen molar-refractivity contribution in [1.29, 1.82) is 0 Å². The zero-order valence-corrected chi connectivity index (χ0v) is 21.7. The molecule has 0 spiro atoms. The summed E-state index contributed by atoms with van der Waals surface area (Å²) in [5.74, 6) is 0.405. The van der Waals surface area contributed by atoms with Crippen molar-refractivity contribution in [1.82, 2.24) is 0 Å². The molecule has 1 N–H and O–H groups in total. The third-order valence-corrected chi connectivity index (χ3v) is 9.46. The van der Waals surface area contributed by atoms with Crippen LogP contribution in [0.4, 0.5) is 0 Å². The normalized spacial score (nSPS) is 11.9. The number of phenols is 1. The van der Waals surface area contributed by atoms with Crippen molar-refractivity contribution in [3.05, 3.63) is 19.8 Å². The van der Waals surface area contributed by atoms with Gasteiger partial charge in [0, 0.05) is 12.7 Å². The number of hydrogen-bond acceptors (Lipinski definition) is 1. The van der Waals surface area contributed by atoms with E-state index in [-0.39, 0.29) is -0.565 Å². The van der Waals surface area contributed by atoms with Gasteiger partial charge in [-0.2, -0.15) is 0 Å². The van der Waals surface area contributed by atoms with Crippen molar-refractivity contribution in [2.75, 3.05) is 0 Å². The van der Waals surface area contributed by atoms with Gasteiger partial charge in [0.2, 0.25) is 0 Å². The summed E-state index contributed by atoms with van der Waals surface area (Å²) in [6.45, 7) is 0. The molecule has 0 aliphatic rings. The number of phenolic OH excluding ortho intramolecular Hbond substituents is 1. The Morgan fingerprint density at radius 2 is 1.07 bits per heavy atom. The van der Waals surface area contributed by atoms with E-state index in [9.17, 15) is 5.11 Å². The van der Waals surface area contributed by atoms with E-state index in [2.05, 4.69) is 158 Å². The first-order chi connectivity index (χ1) is 6.68. The molecule has 0 atom stereocenters. The van der Waals surface area contributed by atoms with Crippen LogP contribution in [0, 0.1) is 14.3 Å². The average molecular weight is 989 g/mol. The van der Waals surface area contributed by atoms with E-state index in [1.54, 1.807) is 0 Å². The smallest absolute Gasteiger partial charge is 0.151 e. The van der Waals surface area contributed by atoms with E-state index in [1.165, 1.54) is 5.56 Å². The number of halogens is 7. The van der Waals surface area contributed by atoms with Crippen molar-refractivity contribution in [3.8, 4) is 5.75 Å². The van der Waals surface area contributed by atoms with Gasteiger partial charge in [-0.1, -0.05) is 0 Å². The lowest BCUT2D eigenvalue weighted by Gasteiger charge is -2.20. The Morgan fingerprint density at radius 1 is 0.733 bits per heavy atom. The Bertz CT molecular complexity index is 380. The predicted molar refractivity (Wildman–Crippen MR) is 123 cm³/mol. The van der Waals surface area contributed by atoms with E-state index in [1.807, 2.05) is 0 Å². The Balaban J connectivity index is 3.68. The molecule has 15 heavy (non-hydrogen) atoms. The highest BCUT2D eigenvalue weighted by Crippen LogP contribution is 2.52. The van der Waals surface area contributed by atoms with Crippen molar-refractivity contribution >= 4 is 158 Å². The van der Waals surface area contributed by atoms with Crippen LogP contribution >= 0.6 is 158 Å². The molecule has 8 heteroatoms. The van der Waals surface area contributed by atoms with Crippen LogP contribution in [0.2, 0.25) is 0 Å². The SMILES string of the molecule is Oc1c(I)c(I)c(C(I)(I)I)c(I)c1I. The number of alkyl halides is 3. The first kappa shape index (κ1) is 17.2. The van der Waals surface area contributed by atoms with Crippen molar-refractivity contribution in [2.45, 2.75) is -0.565 Å². The van der Waals surface area contributed by atoms with E-state index in [0.717, 1.165) is 14.3 Å². The summed E-state index contributed by atoms with van der Waals surface area (Å²) in [5.41, 5.74) is 1.29. The monoisotopic (exact) mass is 989 g/mol. The highest BCUT2D eigenvalue weighted by atomic mass is 127. The summed E-state index contributed by atoms with van der Waals surface area (Å²) in [4.78, 5) is 0. The lowest BCUT2D eigenvalue weighted by atomic mass is 10.2. The zero-order chi connectivity index (χ0) is 12.0. The third kappa shape index (κ3) is 4.05. The molecule has 0 amide bonds. The van der Waals surface area contributed by atoms with Crippen LogP contribution in [0.25, 0.3) is 0 Å². The van der Waals surface area contributed by atoms with Gasteiger partial charge in [-0.3, -0.25) is 0 Å². The van der Waals surface area contributed by atoms with Crippen LogP contribution < -0.4 is 0 Å². The predicted octanol–water partition coefficient (Wildman–Crippen LogP) is 6.23. The number of aromatic hydroxyl groups is 1. The van der Waals surface area contributed by atoms with Gasteiger partial charge in [-0.05, 0) is 158 Å². The molecule has 0 aliphatic heterocycles. The maximum absolute atomic E-state index is 9.93. The second kappa shape index (κ2) is 6.72. The zero-order valence-electron chi connectivity index (χ0n) is 6.59. The van der Waals surface area contributed by atoms with Gasteiger partial charge in [0.25, 0.3) is 0 Å². The van der Waals surface area contributed by atoms with E-state index < -0.39 is 0 Å². The minimum absolute atomic E-state index is 0.0217. The fraction of sp³-hybridized carbons (Fsp3) is 0.143. The van der Waals surface area contributed by atoms with Gasteiger partial charge >= 0.3 is 0 Å². The van der Waals surface area contributed by atoms with Gasteiger partial charge in [-0.25, -0.2) is 0 Å². The Labute approximate surface area is 183 Å². The summed E-state index contributed by atoms with van der Waals surface area (Å²) >= 11 is 16.3. The topological polar surface area (TPSA) is 20.2 Å². The van der Waals surface area contributed by atoms with Crippen LogP contribution in [-0.2, 0) is -0.565 Å². The fourth-order valence-corrected chi connectivity index (χ4v) is 9.55. The first-order valence-corrected chi connectivity index (χ1v) is 10.8. The molecular weight excluding hydrogens is 988 g/mol. The lowest BCUT2D eigenvalue weighted by molar-refractivity contribution is 0.466. The van der Waals surface area contributed by atoms with Crippen LogP contribution in [-0.4, -0.2) is 5.11 Å². The molecule has 1 nitrogen and oxygen atoms in total. The van der Waals surface area contributed by atoms with Gasteiger partial charge in [0.15, 0.2) is -0.565 Å². The summed E-state index contributed by atoms with van der Waals surface area (Å²) < 4.78 is 4.21. The second-order valence-corrected chi connectivity index (χ2v) is 17.8.